The van der Waals surface area contributed by atoms with Gasteiger partial charge < -0.3 is 10.1 Å². The van der Waals surface area contributed by atoms with Crippen LogP contribution in [0.2, 0.25) is 0 Å². The van der Waals surface area contributed by atoms with Gasteiger partial charge in [0.05, 0.1) is 6.61 Å². The van der Waals surface area contributed by atoms with Gasteiger partial charge >= 0.3 is 6.18 Å². The molecule has 1 atom stereocenters. The first-order chi connectivity index (χ1) is 8.99. The van der Waals surface area contributed by atoms with Crippen molar-refractivity contribution in [3.05, 3.63) is 35.4 Å². The van der Waals surface area contributed by atoms with Gasteiger partial charge in [-0.2, -0.15) is 13.2 Å². The lowest BCUT2D eigenvalue weighted by molar-refractivity contribution is -0.157. The van der Waals surface area contributed by atoms with E-state index in [0.29, 0.717) is 26.0 Å². The van der Waals surface area contributed by atoms with Crippen LogP contribution in [0.5, 0.6) is 0 Å². The number of methoxy groups -OCH3 is 1. The monoisotopic (exact) mass is 275 g/mol. The summed E-state index contributed by atoms with van der Waals surface area (Å²) in [5.74, 6) is 0. The van der Waals surface area contributed by atoms with Crippen LogP contribution in [0, 0.1) is 0 Å². The molecule has 0 radical (unpaired) electrons. The second-order valence-electron chi connectivity index (χ2n) is 4.41. The van der Waals surface area contributed by atoms with E-state index in [-0.39, 0.29) is 5.56 Å². The Morgan fingerprint density at radius 2 is 1.84 bits per heavy atom. The highest BCUT2D eigenvalue weighted by Crippen LogP contribution is 2.32. The Hall–Kier alpha value is -1.07. The van der Waals surface area contributed by atoms with Crippen molar-refractivity contribution >= 4 is 0 Å². The highest BCUT2D eigenvalue weighted by atomic mass is 19.4. The van der Waals surface area contributed by atoms with Crippen molar-refractivity contribution in [2.45, 2.75) is 32.0 Å². The molecule has 0 aromatic heterocycles. The first-order valence-electron chi connectivity index (χ1n) is 6.37. The Balaban J connectivity index is 2.79. The lowest BCUT2D eigenvalue weighted by Gasteiger charge is -2.22. The largest absolute Gasteiger partial charge is 0.407 e. The van der Waals surface area contributed by atoms with Gasteiger partial charge in [0.15, 0.2) is 0 Å². The molecule has 2 nitrogen and oxygen atoms in total. The van der Waals surface area contributed by atoms with Crippen molar-refractivity contribution in [1.82, 2.24) is 5.32 Å². The number of hydrogen-bond acceptors (Lipinski definition) is 2. The van der Waals surface area contributed by atoms with Gasteiger partial charge in [-0.3, -0.25) is 0 Å². The Morgan fingerprint density at radius 3 is 2.32 bits per heavy atom. The molecule has 1 aromatic rings. The molecule has 0 heterocycles. The smallest absolute Gasteiger partial charge is 0.384 e. The van der Waals surface area contributed by atoms with Gasteiger partial charge in [-0.25, -0.2) is 0 Å². The summed E-state index contributed by atoms with van der Waals surface area (Å²) in [5, 5.41) is 2.54. The van der Waals surface area contributed by atoms with Gasteiger partial charge in [0.1, 0.15) is 6.04 Å². The summed E-state index contributed by atoms with van der Waals surface area (Å²) in [6, 6.07) is 4.92. The zero-order chi connectivity index (χ0) is 14.3. The molecule has 0 bridgehead atoms. The minimum Gasteiger partial charge on any atom is -0.384 e. The van der Waals surface area contributed by atoms with Crippen molar-refractivity contribution in [2.75, 3.05) is 20.3 Å². The molecule has 0 saturated carbocycles. The van der Waals surface area contributed by atoms with Gasteiger partial charge in [0.25, 0.3) is 0 Å². The molecule has 0 saturated heterocycles. The molecule has 108 valence electrons. The topological polar surface area (TPSA) is 21.3 Å². The molecule has 0 aliphatic carbocycles. The highest BCUT2D eigenvalue weighted by molar-refractivity contribution is 5.26. The van der Waals surface area contributed by atoms with E-state index in [1.165, 1.54) is 12.1 Å². The van der Waals surface area contributed by atoms with Crippen molar-refractivity contribution in [2.24, 2.45) is 0 Å². The Morgan fingerprint density at radius 1 is 1.21 bits per heavy atom. The van der Waals surface area contributed by atoms with Crippen LogP contribution < -0.4 is 5.32 Å². The number of ether oxygens (including phenoxy) is 1. The van der Waals surface area contributed by atoms with Crippen LogP contribution >= 0.6 is 0 Å². The Kier molecular flexibility index (Phi) is 6.31. The normalized spacial score (nSPS) is 13.5. The van der Waals surface area contributed by atoms with Crippen LogP contribution in [0.25, 0.3) is 0 Å². The second-order valence-corrected chi connectivity index (χ2v) is 4.41. The van der Waals surface area contributed by atoms with Crippen molar-refractivity contribution in [3.63, 3.8) is 0 Å². The zero-order valence-corrected chi connectivity index (χ0v) is 11.3. The second kappa shape index (κ2) is 7.50. The fraction of sp³-hybridized carbons (Fsp3) is 0.571. The van der Waals surface area contributed by atoms with Crippen LogP contribution in [-0.4, -0.2) is 26.4 Å². The standard InChI is InChI=1S/C14H20F3NO/c1-3-9-18-13(14(15,16)17)12-6-4-11(5-7-12)8-10-19-2/h4-7,13,18H,3,8-10H2,1-2H3. The van der Waals surface area contributed by atoms with Gasteiger partial charge in [0, 0.05) is 7.11 Å². The van der Waals surface area contributed by atoms with Crippen molar-refractivity contribution in [3.8, 4) is 0 Å². The third-order valence-corrected chi connectivity index (χ3v) is 2.83. The Labute approximate surface area is 112 Å². The highest BCUT2D eigenvalue weighted by Gasteiger charge is 2.40. The van der Waals surface area contributed by atoms with E-state index in [0.717, 1.165) is 5.56 Å². The molecule has 5 heteroatoms. The van der Waals surface area contributed by atoms with Gasteiger partial charge in [-0.1, -0.05) is 31.2 Å². The number of rotatable bonds is 7. The average molecular weight is 275 g/mol. The summed E-state index contributed by atoms with van der Waals surface area (Å²) in [5.41, 5.74) is 1.23. The number of benzene rings is 1. The molecule has 1 rings (SSSR count). The molecule has 1 aromatic carbocycles. The number of halogens is 3. The molecule has 1 N–H and O–H groups in total. The van der Waals surface area contributed by atoms with Crippen LogP contribution in [-0.2, 0) is 11.2 Å². The van der Waals surface area contributed by atoms with Crippen molar-refractivity contribution in [1.29, 1.82) is 0 Å². The number of nitrogens with one attached hydrogen (secondary N) is 1. The molecule has 0 amide bonds. The summed E-state index contributed by atoms with van der Waals surface area (Å²) in [6.45, 7) is 2.75. The summed E-state index contributed by atoms with van der Waals surface area (Å²) in [4.78, 5) is 0. The Bertz CT molecular complexity index is 362. The van der Waals surface area contributed by atoms with E-state index < -0.39 is 12.2 Å². The SMILES string of the molecule is CCCNC(c1ccc(CCOC)cc1)C(F)(F)F. The molecular formula is C14H20F3NO. The van der Waals surface area contributed by atoms with Gasteiger partial charge in [-0.05, 0) is 30.5 Å². The van der Waals surface area contributed by atoms with Crippen molar-refractivity contribution < 1.29 is 17.9 Å². The molecule has 0 aliphatic rings. The zero-order valence-electron chi connectivity index (χ0n) is 11.3. The van der Waals surface area contributed by atoms with E-state index in [1.54, 1.807) is 19.2 Å². The molecule has 0 aliphatic heterocycles. The lowest BCUT2D eigenvalue weighted by atomic mass is 10.0. The van der Waals surface area contributed by atoms with Gasteiger partial charge in [0.2, 0.25) is 0 Å². The third-order valence-electron chi connectivity index (χ3n) is 2.83. The summed E-state index contributed by atoms with van der Waals surface area (Å²) in [7, 11) is 1.60. The van der Waals surface area contributed by atoms with E-state index in [9.17, 15) is 13.2 Å². The van der Waals surface area contributed by atoms with Crippen LogP contribution in [0.1, 0.15) is 30.5 Å². The predicted molar refractivity (Wildman–Crippen MR) is 69.1 cm³/mol. The van der Waals surface area contributed by atoms with E-state index in [4.69, 9.17) is 4.74 Å². The summed E-state index contributed by atoms with van der Waals surface area (Å²) in [6.07, 6.45) is -2.91. The molecule has 1 unspecified atom stereocenters. The maximum absolute atomic E-state index is 12.9. The summed E-state index contributed by atoms with van der Waals surface area (Å²) >= 11 is 0. The van der Waals surface area contributed by atoms with E-state index >= 15 is 0 Å². The first-order valence-corrected chi connectivity index (χ1v) is 6.37. The third kappa shape index (κ3) is 5.20. The minimum atomic E-state index is -4.27. The predicted octanol–water partition coefficient (Wildman–Crippen LogP) is 3.48. The fourth-order valence-electron chi connectivity index (χ4n) is 1.81. The molecule has 0 fully saturated rings. The quantitative estimate of drug-likeness (QED) is 0.822. The van der Waals surface area contributed by atoms with Crippen LogP contribution in [0.4, 0.5) is 13.2 Å². The van der Waals surface area contributed by atoms with Crippen LogP contribution in [0.15, 0.2) is 24.3 Å². The maximum atomic E-state index is 12.9. The fourth-order valence-corrected chi connectivity index (χ4v) is 1.81. The number of alkyl halides is 3. The molecular weight excluding hydrogens is 255 g/mol. The minimum absolute atomic E-state index is 0.252. The van der Waals surface area contributed by atoms with Gasteiger partial charge in [-0.15, -0.1) is 0 Å². The maximum Gasteiger partial charge on any atom is 0.407 e. The van der Waals surface area contributed by atoms with E-state index in [1.807, 2.05) is 6.92 Å². The first kappa shape index (κ1) is 16.0. The lowest BCUT2D eigenvalue weighted by Crippen LogP contribution is -2.34. The number of hydrogen-bond donors (Lipinski definition) is 1. The van der Waals surface area contributed by atoms with Crippen LogP contribution in [0.3, 0.4) is 0 Å². The van der Waals surface area contributed by atoms with E-state index in [2.05, 4.69) is 5.32 Å². The average Bonchev–Trinajstić information content (AvgIpc) is 2.36. The molecule has 0 spiro atoms. The molecule has 19 heavy (non-hydrogen) atoms. The summed E-state index contributed by atoms with van der Waals surface area (Å²) < 4.78 is 43.8.